The van der Waals surface area contributed by atoms with Crippen LogP contribution in [0.15, 0.2) is 23.2 Å². The molecule has 1 aliphatic carbocycles. The van der Waals surface area contributed by atoms with Crippen LogP contribution in [0.4, 0.5) is 18.9 Å². The van der Waals surface area contributed by atoms with Crippen LogP contribution in [0.5, 0.6) is 0 Å². The van der Waals surface area contributed by atoms with Gasteiger partial charge in [0.1, 0.15) is 0 Å². The molecule has 2 aliphatic rings. The molecule has 8 heteroatoms. The third kappa shape index (κ3) is 3.43. The fourth-order valence-corrected chi connectivity index (χ4v) is 3.12. The van der Waals surface area contributed by atoms with E-state index < -0.39 is 11.7 Å². The number of hydrogen-bond acceptors (Lipinski definition) is 1. The molecule has 0 spiro atoms. The molecule has 1 saturated heterocycles. The van der Waals surface area contributed by atoms with E-state index in [0.29, 0.717) is 5.96 Å². The highest BCUT2D eigenvalue weighted by molar-refractivity contribution is 6.33. The summed E-state index contributed by atoms with van der Waals surface area (Å²) in [6, 6.07) is 4.18. The number of nitrogens with one attached hydrogen (secondary N) is 2. The third-order valence-electron chi connectivity index (χ3n) is 3.93. The minimum absolute atomic E-state index is 0. The number of nitrogens with zero attached hydrogens (tertiary/aromatic N) is 1. The van der Waals surface area contributed by atoms with Crippen molar-refractivity contribution in [2.75, 3.05) is 0 Å². The van der Waals surface area contributed by atoms with Gasteiger partial charge in [-0.3, -0.25) is 0 Å². The molecule has 3 nitrogen and oxygen atoms in total. The summed E-state index contributed by atoms with van der Waals surface area (Å²) in [5.74, 6) is 0.380. The first-order valence-corrected chi connectivity index (χ1v) is 7.30. The van der Waals surface area contributed by atoms with Crippen LogP contribution in [0.3, 0.4) is 0 Å². The SMILES string of the molecule is Cl.FC(F)(F)c1cccc(Cl)c1N=C1N[C@@H]2CCCC[C@H]2N1. The summed E-state index contributed by atoms with van der Waals surface area (Å²) in [5.41, 5.74) is -1.05. The second kappa shape index (κ2) is 6.54. The van der Waals surface area contributed by atoms with Crippen LogP contribution in [0.2, 0.25) is 5.02 Å². The zero-order chi connectivity index (χ0) is 15.0. The normalized spacial score (nSPS) is 23.9. The second-order valence-corrected chi connectivity index (χ2v) is 5.79. The highest BCUT2D eigenvalue weighted by atomic mass is 35.5. The Labute approximate surface area is 137 Å². The van der Waals surface area contributed by atoms with Gasteiger partial charge in [-0.2, -0.15) is 13.2 Å². The monoisotopic (exact) mass is 353 g/mol. The number of rotatable bonds is 1. The number of benzene rings is 1. The predicted octanol–water partition coefficient (Wildman–Crippen LogP) is 4.27. The molecule has 0 amide bonds. The van der Waals surface area contributed by atoms with Gasteiger partial charge in [-0.15, -0.1) is 12.4 Å². The van der Waals surface area contributed by atoms with Gasteiger partial charge in [0.15, 0.2) is 5.96 Å². The van der Waals surface area contributed by atoms with Crippen LogP contribution in [0.1, 0.15) is 31.2 Å². The van der Waals surface area contributed by atoms with Crippen molar-refractivity contribution in [3.63, 3.8) is 0 Å². The molecule has 2 N–H and O–H groups in total. The van der Waals surface area contributed by atoms with Crippen molar-refractivity contribution < 1.29 is 13.2 Å². The summed E-state index contributed by atoms with van der Waals surface area (Å²) in [6.07, 6.45) is -0.210. The highest BCUT2D eigenvalue weighted by Crippen LogP contribution is 2.40. The molecule has 122 valence electrons. The van der Waals surface area contributed by atoms with Crippen LogP contribution in [0, 0.1) is 0 Å². The molecule has 1 aliphatic heterocycles. The molecule has 1 aromatic rings. The quantitative estimate of drug-likeness (QED) is 0.790. The predicted molar refractivity (Wildman–Crippen MR) is 83.1 cm³/mol. The van der Waals surface area contributed by atoms with E-state index in [1.807, 2.05) is 0 Å². The van der Waals surface area contributed by atoms with Gasteiger partial charge in [0.25, 0.3) is 0 Å². The van der Waals surface area contributed by atoms with Gasteiger partial charge in [-0.25, -0.2) is 4.99 Å². The molecule has 1 saturated carbocycles. The number of halogens is 5. The van der Waals surface area contributed by atoms with Crippen LogP contribution >= 0.6 is 24.0 Å². The lowest BCUT2D eigenvalue weighted by molar-refractivity contribution is -0.137. The van der Waals surface area contributed by atoms with Gasteiger partial charge in [0.2, 0.25) is 0 Å². The summed E-state index contributed by atoms with van der Waals surface area (Å²) >= 11 is 5.90. The van der Waals surface area contributed by atoms with E-state index in [1.165, 1.54) is 12.1 Å². The van der Waals surface area contributed by atoms with E-state index in [1.54, 1.807) is 0 Å². The Morgan fingerprint density at radius 2 is 1.68 bits per heavy atom. The molecule has 0 radical (unpaired) electrons. The molecule has 2 fully saturated rings. The average molecular weight is 354 g/mol. The molecular formula is C14H16Cl2F3N3. The Balaban J connectivity index is 0.00000176. The van der Waals surface area contributed by atoms with Crippen molar-refractivity contribution in [3.05, 3.63) is 28.8 Å². The van der Waals surface area contributed by atoms with Gasteiger partial charge in [0, 0.05) is 12.1 Å². The van der Waals surface area contributed by atoms with Crippen LogP contribution in [-0.4, -0.2) is 18.0 Å². The third-order valence-corrected chi connectivity index (χ3v) is 4.23. The van der Waals surface area contributed by atoms with Gasteiger partial charge in [-0.1, -0.05) is 30.5 Å². The maximum atomic E-state index is 13.0. The minimum Gasteiger partial charge on any atom is -0.351 e. The number of hydrogen-bond donors (Lipinski definition) is 2. The molecule has 0 unspecified atom stereocenters. The Bertz CT molecular complexity index is 559. The molecular weight excluding hydrogens is 338 g/mol. The lowest BCUT2D eigenvalue weighted by Crippen LogP contribution is -2.36. The van der Waals surface area contributed by atoms with Gasteiger partial charge < -0.3 is 10.6 Å². The Morgan fingerprint density at radius 1 is 1.09 bits per heavy atom. The molecule has 2 atom stereocenters. The molecule has 1 aromatic carbocycles. The van der Waals surface area contributed by atoms with Crippen molar-refractivity contribution >= 4 is 35.7 Å². The van der Waals surface area contributed by atoms with Crippen molar-refractivity contribution in [1.82, 2.24) is 10.6 Å². The summed E-state index contributed by atoms with van der Waals surface area (Å²) in [6.45, 7) is 0. The van der Waals surface area contributed by atoms with E-state index in [2.05, 4.69) is 15.6 Å². The van der Waals surface area contributed by atoms with E-state index >= 15 is 0 Å². The van der Waals surface area contributed by atoms with Crippen LogP contribution in [0.25, 0.3) is 0 Å². The zero-order valence-corrected chi connectivity index (χ0v) is 13.2. The Hall–Kier alpha value is -1.14. The minimum atomic E-state index is -4.48. The van der Waals surface area contributed by atoms with Crippen molar-refractivity contribution in [2.24, 2.45) is 4.99 Å². The van der Waals surface area contributed by atoms with Crippen LogP contribution < -0.4 is 10.6 Å². The standard InChI is InChI=1S/C14H15ClF3N3.ClH/c15-9-5-3-4-8(14(16,17)18)12(9)21-13-19-10-6-1-2-7-11(10)20-13;/h3-5,10-11H,1-2,6-7H2,(H2,19,20,21);1H/t10-,11-;/m1./s1. The maximum Gasteiger partial charge on any atom is 0.418 e. The molecule has 0 bridgehead atoms. The summed E-state index contributed by atoms with van der Waals surface area (Å²) in [4.78, 5) is 4.09. The van der Waals surface area contributed by atoms with E-state index in [0.717, 1.165) is 31.7 Å². The van der Waals surface area contributed by atoms with Gasteiger partial charge in [-0.05, 0) is 25.0 Å². The van der Waals surface area contributed by atoms with E-state index in [-0.39, 0.29) is 35.2 Å². The first-order valence-electron chi connectivity index (χ1n) is 6.92. The topological polar surface area (TPSA) is 36.4 Å². The number of alkyl halides is 3. The summed E-state index contributed by atoms with van der Waals surface area (Å²) in [5, 5.41) is 6.32. The fourth-order valence-electron chi connectivity index (χ4n) is 2.90. The number of fused-ring (bicyclic) bond motifs is 1. The fraction of sp³-hybridized carbons (Fsp3) is 0.500. The lowest BCUT2D eigenvalue weighted by atomic mass is 9.92. The van der Waals surface area contributed by atoms with Crippen LogP contribution in [-0.2, 0) is 6.18 Å². The van der Waals surface area contributed by atoms with Gasteiger partial charge >= 0.3 is 6.18 Å². The van der Waals surface area contributed by atoms with Gasteiger partial charge in [0.05, 0.1) is 16.3 Å². The number of para-hydroxylation sites is 1. The number of aliphatic imine (C=N–C) groups is 1. The first kappa shape index (κ1) is 17.2. The Kier molecular flexibility index (Phi) is 5.12. The van der Waals surface area contributed by atoms with Crippen molar-refractivity contribution in [2.45, 2.75) is 43.9 Å². The molecule has 0 aromatic heterocycles. The zero-order valence-electron chi connectivity index (χ0n) is 11.6. The lowest BCUT2D eigenvalue weighted by Gasteiger charge is -2.23. The average Bonchev–Trinajstić information content (AvgIpc) is 2.82. The Morgan fingerprint density at radius 3 is 2.23 bits per heavy atom. The summed E-state index contributed by atoms with van der Waals surface area (Å²) < 4.78 is 39.1. The van der Waals surface area contributed by atoms with E-state index in [9.17, 15) is 13.2 Å². The molecule has 3 rings (SSSR count). The smallest absolute Gasteiger partial charge is 0.351 e. The molecule has 1 heterocycles. The largest absolute Gasteiger partial charge is 0.418 e. The van der Waals surface area contributed by atoms with Crippen molar-refractivity contribution in [3.8, 4) is 0 Å². The summed E-state index contributed by atoms with van der Waals surface area (Å²) in [7, 11) is 0. The second-order valence-electron chi connectivity index (χ2n) is 5.38. The first-order chi connectivity index (χ1) is 9.95. The number of guanidine groups is 1. The highest BCUT2D eigenvalue weighted by Gasteiger charge is 2.36. The van der Waals surface area contributed by atoms with Crippen molar-refractivity contribution in [1.29, 1.82) is 0 Å². The molecule has 22 heavy (non-hydrogen) atoms. The maximum absolute atomic E-state index is 13.0. The van der Waals surface area contributed by atoms with E-state index in [4.69, 9.17) is 11.6 Å².